The summed E-state index contributed by atoms with van der Waals surface area (Å²) in [6, 6.07) is 0. The summed E-state index contributed by atoms with van der Waals surface area (Å²) in [7, 11) is 0. The molecule has 0 fully saturated rings. The summed E-state index contributed by atoms with van der Waals surface area (Å²) in [6.07, 6.45) is 2.95. The third kappa shape index (κ3) is 5.50. The fourth-order valence-corrected chi connectivity index (χ4v) is 1.59. The van der Waals surface area contributed by atoms with Crippen LogP contribution in [0.25, 0.3) is 0 Å². The first-order valence-corrected chi connectivity index (χ1v) is 7.09. The van der Waals surface area contributed by atoms with E-state index in [4.69, 9.17) is 0 Å². The molecule has 1 amide bonds. The minimum atomic E-state index is -0.00673. The molecule has 1 N–H and O–H groups in total. The summed E-state index contributed by atoms with van der Waals surface area (Å²) in [5.41, 5.74) is 0.825. The van der Waals surface area contributed by atoms with Gasteiger partial charge in [-0.2, -0.15) is 0 Å². The van der Waals surface area contributed by atoms with E-state index in [1.54, 1.807) is 4.68 Å². The highest BCUT2D eigenvalue weighted by molar-refractivity contribution is 5.80. The molecule has 0 aliphatic rings. The van der Waals surface area contributed by atoms with Crippen molar-refractivity contribution >= 4 is 11.7 Å². The first-order chi connectivity index (χ1) is 9.40. The standard InChI is InChI=1S/C14H24N4O2/c1-10(2)13(19)6-8-18-9-12(16-17-18)5-7-15-14(20)11(3)4/h9-11H,5-8H2,1-4H3,(H,15,20). The fraction of sp³-hybridized carbons (Fsp3) is 0.714. The lowest BCUT2D eigenvalue weighted by molar-refractivity contribution is -0.124. The number of aromatic nitrogens is 3. The largest absolute Gasteiger partial charge is 0.355 e. The maximum Gasteiger partial charge on any atom is 0.222 e. The highest BCUT2D eigenvalue weighted by Gasteiger charge is 2.09. The number of amides is 1. The maximum absolute atomic E-state index is 11.5. The molecule has 0 saturated carbocycles. The van der Waals surface area contributed by atoms with Gasteiger partial charge in [-0.3, -0.25) is 14.3 Å². The van der Waals surface area contributed by atoms with E-state index in [2.05, 4.69) is 15.6 Å². The fourth-order valence-electron chi connectivity index (χ4n) is 1.59. The zero-order chi connectivity index (χ0) is 15.1. The van der Waals surface area contributed by atoms with Crippen molar-refractivity contribution in [2.24, 2.45) is 11.8 Å². The van der Waals surface area contributed by atoms with Crippen LogP contribution in [0.5, 0.6) is 0 Å². The predicted octanol–water partition coefficient (Wildman–Crippen LogP) is 1.21. The lowest BCUT2D eigenvalue weighted by atomic mass is 10.1. The van der Waals surface area contributed by atoms with Gasteiger partial charge in [0.05, 0.1) is 5.69 Å². The third-order valence-electron chi connectivity index (χ3n) is 3.02. The summed E-state index contributed by atoms with van der Waals surface area (Å²) >= 11 is 0. The second-order valence-electron chi connectivity index (χ2n) is 5.54. The first kappa shape index (κ1) is 16.3. The second-order valence-corrected chi connectivity index (χ2v) is 5.54. The molecule has 0 saturated heterocycles. The molecule has 0 spiro atoms. The molecular weight excluding hydrogens is 256 g/mol. The number of carbonyl (C=O) groups excluding carboxylic acids is 2. The summed E-state index contributed by atoms with van der Waals surface area (Å²) in [5.74, 6) is 0.322. The Hall–Kier alpha value is -1.72. The number of nitrogens with zero attached hydrogens (tertiary/aromatic N) is 3. The number of rotatable bonds is 8. The average molecular weight is 280 g/mol. The molecule has 0 aromatic carbocycles. The van der Waals surface area contributed by atoms with Crippen molar-refractivity contribution in [3.05, 3.63) is 11.9 Å². The van der Waals surface area contributed by atoms with E-state index in [-0.39, 0.29) is 23.5 Å². The zero-order valence-corrected chi connectivity index (χ0v) is 12.7. The Morgan fingerprint density at radius 1 is 1.25 bits per heavy atom. The van der Waals surface area contributed by atoms with Crippen molar-refractivity contribution in [2.45, 2.75) is 47.1 Å². The molecule has 112 valence electrons. The Labute approximate surface area is 119 Å². The molecule has 1 heterocycles. The SMILES string of the molecule is CC(C)C(=O)CCn1cc(CCNC(=O)C(C)C)nn1. The quantitative estimate of drug-likeness (QED) is 0.776. The number of aryl methyl sites for hydroxylation is 1. The van der Waals surface area contributed by atoms with Crippen LogP contribution < -0.4 is 5.32 Å². The molecule has 6 nitrogen and oxygen atoms in total. The van der Waals surface area contributed by atoms with Gasteiger partial charge >= 0.3 is 0 Å². The molecule has 0 unspecified atom stereocenters. The van der Waals surface area contributed by atoms with Crippen molar-refractivity contribution in [2.75, 3.05) is 6.54 Å². The van der Waals surface area contributed by atoms with Crippen LogP contribution in [0.2, 0.25) is 0 Å². The van der Waals surface area contributed by atoms with Gasteiger partial charge in [0.1, 0.15) is 5.78 Å². The number of hydrogen-bond acceptors (Lipinski definition) is 4. The third-order valence-corrected chi connectivity index (χ3v) is 3.02. The van der Waals surface area contributed by atoms with Crippen molar-refractivity contribution < 1.29 is 9.59 Å². The molecule has 1 aromatic heterocycles. The van der Waals surface area contributed by atoms with Crippen LogP contribution in [-0.4, -0.2) is 33.2 Å². The van der Waals surface area contributed by atoms with Crippen LogP contribution >= 0.6 is 0 Å². The monoisotopic (exact) mass is 280 g/mol. The van der Waals surface area contributed by atoms with Crippen molar-refractivity contribution in [3.63, 3.8) is 0 Å². The molecule has 20 heavy (non-hydrogen) atoms. The lowest BCUT2D eigenvalue weighted by Gasteiger charge is -2.05. The number of carbonyl (C=O) groups is 2. The summed E-state index contributed by atoms with van der Waals surface area (Å²) in [5, 5.41) is 10.8. The minimum absolute atomic E-state index is 0.00673. The zero-order valence-electron chi connectivity index (χ0n) is 12.7. The van der Waals surface area contributed by atoms with Gasteiger partial charge in [0.25, 0.3) is 0 Å². The highest BCUT2D eigenvalue weighted by Crippen LogP contribution is 2.02. The van der Waals surface area contributed by atoms with Crippen LogP contribution in [0.15, 0.2) is 6.20 Å². The van der Waals surface area contributed by atoms with E-state index in [0.717, 1.165) is 5.69 Å². The maximum atomic E-state index is 11.5. The Balaban J connectivity index is 2.33. The van der Waals surface area contributed by atoms with Gasteiger partial charge in [-0.05, 0) is 0 Å². The molecule has 0 aliphatic carbocycles. The van der Waals surface area contributed by atoms with Gasteiger partial charge in [-0.1, -0.05) is 32.9 Å². The van der Waals surface area contributed by atoms with Crippen LogP contribution in [0.1, 0.15) is 39.8 Å². The number of hydrogen-bond donors (Lipinski definition) is 1. The Morgan fingerprint density at radius 2 is 1.95 bits per heavy atom. The minimum Gasteiger partial charge on any atom is -0.355 e. The Bertz CT molecular complexity index is 452. The summed E-state index contributed by atoms with van der Waals surface area (Å²) < 4.78 is 1.68. The van der Waals surface area contributed by atoms with E-state index in [9.17, 15) is 9.59 Å². The van der Waals surface area contributed by atoms with Gasteiger partial charge in [0, 0.05) is 44.0 Å². The Morgan fingerprint density at radius 3 is 2.55 bits per heavy atom. The lowest BCUT2D eigenvalue weighted by Crippen LogP contribution is -2.29. The number of nitrogens with one attached hydrogen (secondary N) is 1. The predicted molar refractivity (Wildman–Crippen MR) is 76.0 cm³/mol. The van der Waals surface area contributed by atoms with Gasteiger partial charge in [-0.15, -0.1) is 5.10 Å². The van der Waals surface area contributed by atoms with Gasteiger partial charge in [0.15, 0.2) is 0 Å². The normalized spacial score (nSPS) is 11.1. The van der Waals surface area contributed by atoms with Crippen LogP contribution in [0.4, 0.5) is 0 Å². The van der Waals surface area contributed by atoms with E-state index in [1.807, 2.05) is 33.9 Å². The van der Waals surface area contributed by atoms with E-state index >= 15 is 0 Å². The number of ketones is 1. The van der Waals surface area contributed by atoms with E-state index < -0.39 is 0 Å². The smallest absolute Gasteiger partial charge is 0.222 e. The van der Waals surface area contributed by atoms with Gasteiger partial charge in [-0.25, -0.2) is 0 Å². The first-order valence-electron chi connectivity index (χ1n) is 7.09. The van der Waals surface area contributed by atoms with Crippen LogP contribution in [-0.2, 0) is 22.6 Å². The summed E-state index contributed by atoms with van der Waals surface area (Å²) in [4.78, 5) is 22.9. The molecule has 1 rings (SSSR count). The van der Waals surface area contributed by atoms with Crippen LogP contribution in [0, 0.1) is 11.8 Å². The molecular formula is C14H24N4O2. The molecule has 0 bridgehead atoms. The molecule has 0 aliphatic heterocycles. The van der Waals surface area contributed by atoms with E-state index in [1.165, 1.54) is 0 Å². The van der Waals surface area contributed by atoms with Gasteiger partial charge in [0.2, 0.25) is 5.91 Å². The topological polar surface area (TPSA) is 76.9 Å². The van der Waals surface area contributed by atoms with Crippen molar-refractivity contribution in [1.29, 1.82) is 0 Å². The summed E-state index contributed by atoms with van der Waals surface area (Å²) in [6.45, 7) is 8.62. The highest BCUT2D eigenvalue weighted by atomic mass is 16.1. The molecule has 0 atom stereocenters. The second kappa shape index (κ2) is 7.77. The molecule has 0 radical (unpaired) electrons. The molecule has 6 heteroatoms. The molecule has 1 aromatic rings. The average Bonchev–Trinajstić information content (AvgIpc) is 2.83. The van der Waals surface area contributed by atoms with Crippen molar-refractivity contribution in [1.82, 2.24) is 20.3 Å². The number of Topliss-reactive ketones (excluding diaryl/α,β-unsaturated/α-hetero) is 1. The van der Waals surface area contributed by atoms with Crippen LogP contribution in [0.3, 0.4) is 0 Å². The van der Waals surface area contributed by atoms with E-state index in [0.29, 0.717) is 25.9 Å². The van der Waals surface area contributed by atoms with Crippen molar-refractivity contribution in [3.8, 4) is 0 Å². The van der Waals surface area contributed by atoms with Gasteiger partial charge < -0.3 is 5.32 Å². The Kier molecular flexibility index (Phi) is 6.35.